The number of aromatic nitrogens is 1. The van der Waals surface area contributed by atoms with E-state index in [1.165, 1.54) is 16.7 Å². The predicted octanol–water partition coefficient (Wildman–Crippen LogP) is 2.31. The van der Waals surface area contributed by atoms with Crippen LogP contribution in [0.1, 0.15) is 22.3 Å². The van der Waals surface area contributed by atoms with Crippen molar-refractivity contribution in [2.45, 2.75) is 20.0 Å². The van der Waals surface area contributed by atoms with Gasteiger partial charge in [-0.25, -0.2) is 0 Å². The molecule has 0 amide bonds. The summed E-state index contributed by atoms with van der Waals surface area (Å²) in [5, 5.41) is 7.45. The molecule has 0 aliphatic heterocycles. The number of amidine groups is 1. The van der Waals surface area contributed by atoms with Crippen LogP contribution in [0.15, 0.2) is 42.7 Å². The van der Waals surface area contributed by atoms with Crippen LogP contribution in [-0.2, 0) is 13.1 Å². The van der Waals surface area contributed by atoms with Crippen LogP contribution in [0.3, 0.4) is 0 Å². The van der Waals surface area contributed by atoms with Gasteiger partial charge in [-0.05, 0) is 48.9 Å². The molecule has 1 aromatic carbocycles. The largest absolute Gasteiger partial charge is 0.384 e. The molecule has 0 atom stereocenters. The maximum absolute atomic E-state index is 7.45. The van der Waals surface area contributed by atoms with E-state index in [0.29, 0.717) is 0 Å². The first-order chi connectivity index (χ1) is 9.56. The maximum atomic E-state index is 7.45. The number of nitrogens with zero attached hydrogens (tertiary/aromatic N) is 2. The van der Waals surface area contributed by atoms with E-state index in [-0.39, 0.29) is 5.84 Å². The van der Waals surface area contributed by atoms with Crippen LogP contribution < -0.4 is 5.73 Å². The van der Waals surface area contributed by atoms with Crippen LogP contribution in [-0.4, -0.2) is 22.8 Å². The summed E-state index contributed by atoms with van der Waals surface area (Å²) in [7, 11) is 2.10. The normalized spacial score (nSPS) is 10.8. The molecule has 2 aromatic rings. The number of hydrogen-bond donors (Lipinski definition) is 2. The molecular formula is C16H20N4. The molecule has 0 bridgehead atoms. The predicted molar refractivity (Wildman–Crippen MR) is 81.6 cm³/mol. The molecule has 0 aliphatic carbocycles. The van der Waals surface area contributed by atoms with E-state index in [2.05, 4.69) is 29.9 Å². The van der Waals surface area contributed by atoms with E-state index in [4.69, 9.17) is 11.1 Å². The van der Waals surface area contributed by atoms with Gasteiger partial charge in [-0.2, -0.15) is 0 Å². The van der Waals surface area contributed by atoms with Crippen molar-refractivity contribution in [3.63, 3.8) is 0 Å². The molecule has 1 aromatic heterocycles. The highest BCUT2D eigenvalue weighted by molar-refractivity contribution is 5.95. The highest BCUT2D eigenvalue weighted by Gasteiger charge is 2.06. The lowest BCUT2D eigenvalue weighted by Crippen LogP contribution is -2.18. The zero-order valence-corrected chi connectivity index (χ0v) is 11.9. The molecule has 104 valence electrons. The Balaban J connectivity index is 2.04. The molecule has 0 saturated heterocycles. The number of pyridine rings is 1. The van der Waals surface area contributed by atoms with Gasteiger partial charge >= 0.3 is 0 Å². The molecule has 0 saturated carbocycles. The molecule has 2 rings (SSSR count). The molecule has 4 nitrogen and oxygen atoms in total. The fraction of sp³-hybridized carbons (Fsp3) is 0.250. The number of nitrogen functional groups attached to an aromatic ring is 1. The van der Waals surface area contributed by atoms with E-state index in [1.807, 2.05) is 36.7 Å². The lowest BCUT2D eigenvalue weighted by Gasteiger charge is -2.18. The van der Waals surface area contributed by atoms with Gasteiger partial charge in [-0.1, -0.05) is 12.1 Å². The quantitative estimate of drug-likeness (QED) is 0.646. The van der Waals surface area contributed by atoms with Crippen LogP contribution in [0.2, 0.25) is 0 Å². The smallest absolute Gasteiger partial charge is 0.122 e. The van der Waals surface area contributed by atoms with E-state index < -0.39 is 0 Å². The second kappa shape index (κ2) is 6.30. The Labute approximate surface area is 119 Å². The van der Waals surface area contributed by atoms with E-state index in [0.717, 1.165) is 18.7 Å². The van der Waals surface area contributed by atoms with Crippen molar-refractivity contribution in [1.82, 2.24) is 9.88 Å². The van der Waals surface area contributed by atoms with Gasteiger partial charge in [-0.15, -0.1) is 0 Å². The third kappa shape index (κ3) is 3.65. The highest BCUT2D eigenvalue weighted by atomic mass is 15.1. The number of nitrogens with one attached hydrogen (secondary N) is 1. The molecule has 20 heavy (non-hydrogen) atoms. The van der Waals surface area contributed by atoms with Gasteiger partial charge in [-0.3, -0.25) is 15.3 Å². The molecule has 0 spiro atoms. The van der Waals surface area contributed by atoms with E-state index in [1.54, 1.807) is 0 Å². The number of nitrogens with two attached hydrogens (primary N) is 1. The van der Waals surface area contributed by atoms with Crippen molar-refractivity contribution in [2.24, 2.45) is 5.73 Å². The van der Waals surface area contributed by atoms with Crippen LogP contribution in [0, 0.1) is 12.3 Å². The summed E-state index contributed by atoms with van der Waals surface area (Å²) in [6, 6.07) is 9.99. The first-order valence-electron chi connectivity index (χ1n) is 6.57. The minimum absolute atomic E-state index is 0.116. The maximum Gasteiger partial charge on any atom is 0.122 e. The second-order valence-corrected chi connectivity index (χ2v) is 5.08. The second-order valence-electron chi connectivity index (χ2n) is 5.08. The zero-order valence-electron chi connectivity index (χ0n) is 11.9. The van der Waals surface area contributed by atoms with E-state index >= 15 is 0 Å². The molecule has 0 fully saturated rings. The minimum atomic E-state index is 0.116. The van der Waals surface area contributed by atoms with Gasteiger partial charge in [0.2, 0.25) is 0 Å². The Morgan fingerprint density at radius 1 is 1.20 bits per heavy atom. The van der Waals surface area contributed by atoms with Crippen LogP contribution in [0.5, 0.6) is 0 Å². The van der Waals surface area contributed by atoms with Gasteiger partial charge < -0.3 is 5.73 Å². The van der Waals surface area contributed by atoms with Gasteiger partial charge in [0.1, 0.15) is 5.84 Å². The SMILES string of the molecule is Cc1cc(C(=N)N)ccc1CN(C)Cc1ccncc1. The fourth-order valence-electron chi connectivity index (χ4n) is 2.19. The summed E-state index contributed by atoms with van der Waals surface area (Å²) < 4.78 is 0. The summed E-state index contributed by atoms with van der Waals surface area (Å²) in [5.41, 5.74) is 9.96. The Bertz CT molecular complexity index is 593. The number of rotatable bonds is 5. The minimum Gasteiger partial charge on any atom is -0.384 e. The standard InChI is InChI=1S/C16H20N4/c1-12-9-14(16(17)18)3-4-15(12)11-20(2)10-13-5-7-19-8-6-13/h3-9H,10-11H2,1-2H3,(H3,17,18). The summed E-state index contributed by atoms with van der Waals surface area (Å²) >= 11 is 0. The summed E-state index contributed by atoms with van der Waals surface area (Å²) in [5.74, 6) is 0.116. The first-order valence-corrected chi connectivity index (χ1v) is 6.57. The van der Waals surface area contributed by atoms with Crippen molar-refractivity contribution in [1.29, 1.82) is 5.41 Å². The molecule has 3 N–H and O–H groups in total. The monoisotopic (exact) mass is 268 g/mol. The molecule has 0 radical (unpaired) electrons. The Hall–Kier alpha value is -2.20. The molecule has 1 heterocycles. The van der Waals surface area contributed by atoms with Gasteiger partial charge in [0.15, 0.2) is 0 Å². The zero-order chi connectivity index (χ0) is 14.5. The van der Waals surface area contributed by atoms with Crippen LogP contribution in [0.25, 0.3) is 0 Å². The Morgan fingerprint density at radius 2 is 1.90 bits per heavy atom. The van der Waals surface area contributed by atoms with Crippen molar-refractivity contribution in [3.05, 3.63) is 65.0 Å². The highest BCUT2D eigenvalue weighted by Crippen LogP contribution is 2.14. The van der Waals surface area contributed by atoms with Gasteiger partial charge in [0, 0.05) is 31.0 Å². The summed E-state index contributed by atoms with van der Waals surface area (Å²) in [6.45, 7) is 3.81. The lowest BCUT2D eigenvalue weighted by molar-refractivity contribution is 0.318. The summed E-state index contributed by atoms with van der Waals surface area (Å²) in [6.07, 6.45) is 3.63. The van der Waals surface area contributed by atoms with Gasteiger partial charge in [0.25, 0.3) is 0 Å². The van der Waals surface area contributed by atoms with Crippen molar-refractivity contribution >= 4 is 5.84 Å². The molecular weight excluding hydrogens is 248 g/mol. The Kier molecular flexibility index (Phi) is 4.48. The molecule has 0 aliphatic rings. The van der Waals surface area contributed by atoms with Crippen molar-refractivity contribution in [2.75, 3.05) is 7.05 Å². The third-order valence-corrected chi connectivity index (χ3v) is 3.30. The number of hydrogen-bond acceptors (Lipinski definition) is 3. The third-order valence-electron chi connectivity index (χ3n) is 3.30. The molecule has 0 unspecified atom stereocenters. The lowest BCUT2D eigenvalue weighted by atomic mass is 10.0. The van der Waals surface area contributed by atoms with Crippen LogP contribution >= 0.6 is 0 Å². The van der Waals surface area contributed by atoms with E-state index in [9.17, 15) is 0 Å². The molecule has 4 heteroatoms. The topological polar surface area (TPSA) is 66.0 Å². The van der Waals surface area contributed by atoms with Crippen molar-refractivity contribution < 1.29 is 0 Å². The number of benzene rings is 1. The van der Waals surface area contributed by atoms with Gasteiger partial charge in [0.05, 0.1) is 0 Å². The summed E-state index contributed by atoms with van der Waals surface area (Å²) in [4.78, 5) is 6.28. The number of aryl methyl sites for hydroxylation is 1. The van der Waals surface area contributed by atoms with Crippen LogP contribution in [0.4, 0.5) is 0 Å². The fourth-order valence-corrected chi connectivity index (χ4v) is 2.19. The average molecular weight is 268 g/mol. The average Bonchev–Trinajstić information content (AvgIpc) is 2.42. The van der Waals surface area contributed by atoms with Crippen molar-refractivity contribution in [3.8, 4) is 0 Å². The Morgan fingerprint density at radius 3 is 2.50 bits per heavy atom. The first kappa shape index (κ1) is 14.2.